The van der Waals surface area contributed by atoms with Crippen molar-refractivity contribution in [2.24, 2.45) is 0 Å². The number of H-pyrrole nitrogens is 1. The molecule has 2 aromatic rings. The lowest BCUT2D eigenvalue weighted by atomic mass is 10.0. The van der Waals surface area contributed by atoms with E-state index in [1.165, 1.54) is 31.4 Å². The van der Waals surface area contributed by atoms with Crippen molar-refractivity contribution >= 4 is 22.5 Å². The molecule has 6 heteroatoms. The van der Waals surface area contributed by atoms with Gasteiger partial charge in [-0.05, 0) is 43.9 Å². The molecule has 3 fully saturated rings. The average Bonchev–Trinajstić information content (AvgIpc) is 2.93. The van der Waals surface area contributed by atoms with E-state index in [4.69, 9.17) is 0 Å². The topological polar surface area (TPSA) is 55.5 Å². The maximum atomic E-state index is 13.5. The van der Waals surface area contributed by atoms with E-state index in [0.29, 0.717) is 11.7 Å². The molecule has 0 saturated carbocycles. The van der Waals surface area contributed by atoms with Gasteiger partial charge in [0.15, 0.2) is 5.69 Å². The molecule has 5 rings (SSSR count). The third kappa shape index (κ3) is 4.27. The van der Waals surface area contributed by atoms with Crippen LogP contribution >= 0.6 is 0 Å². The number of hydrogen-bond donors (Lipinski definition) is 1. The zero-order chi connectivity index (χ0) is 20.2. The number of hydrogen-bond acceptors (Lipinski definition) is 4. The van der Waals surface area contributed by atoms with Crippen molar-refractivity contribution in [1.82, 2.24) is 20.0 Å². The predicted molar refractivity (Wildman–Crippen MR) is 119 cm³/mol. The van der Waals surface area contributed by atoms with E-state index in [-0.39, 0.29) is 5.91 Å². The van der Waals surface area contributed by atoms with Gasteiger partial charge >= 0.3 is 0 Å². The molecule has 0 radical (unpaired) electrons. The van der Waals surface area contributed by atoms with Crippen LogP contribution in [0.3, 0.4) is 0 Å². The zero-order valence-electron chi connectivity index (χ0n) is 18.0. The van der Waals surface area contributed by atoms with Crippen LogP contribution in [0.25, 0.3) is 10.9 Å². The van der Waals surface area contributed by atoms with E-state index < -0.39 is 0 Å². The highest BCUT2D eigenvalue weighted by Gasteiger charge is 2.33. The summed E-state index contributed by atoms with van der Waals surface area (Å²) in [6, 6.07) is 6.79. The van der Waals surface area contributed by atoms with Crippen LogP contribution in [0, 0.1) is 0 Å². The third-order valence-electron chi connectivity index (χ3n) is 6.59. The van der Waals surface area contributed by atoms with Gasteiger partial charge in [-0.25, -0.2) is 0 Å². The largest absolute Gasteiger partial charge is 0.372 e. The maximum Gasteiger partial charge on any atom is 0.275 e. The van der Waals surface area contributed by atoms with Gasteiger partial charge in [0.05, 0.1) is 5.52 Å². The molecule has 4 heterocycles. The quantitative estimate of drug-likeness (QED) is 0.734. The minimum absolute atomic E-state index is 0.0933. The molecule has 1 aromatic carbocycles. The number of carbonyl (C=O) groups excluding carboxylic acids is 1. The van der Waals surface area contributed by atoms with Crippen LogP contribution in [0.1, 0.15) is 62.9 Å². The summed E-state index contributed by atoms with van der Waals surface area (Å²) in [5, 5.41) is 8.52. The standard InChI is InChI=1S/C23H35N5O/c1-3-5-11-27(12-6-4-2)19-7-8-21-20(17-19)22(25-24-21)23(29)28-16-15-26-13-9-18(28)10-14-26/h7-8,17-18H,3-6,9-16H2,1-2H3,(H,24,25). The Bertz CT molecular complexity index is 816. The molecule has 6 nitrogen and oxygen atoms in total. The number of aromatic amines is 1. The lowest BCUT2D eigenvalue weighted by molar-refractivity contribution is 0.0681. The number of aromatic nitrogens is 2. The van der Waals surface area contributed by atoms with Gasteiger partial charge in [0.25, 0.3) is 5.91 Å². The molecule has 158 valence electrons. The van der Waals surface area contributed by atoms with Gasteiger partial charge in [0.1, 0.15) is 0 Å². The number of fused-ring (bicyclic) bond motifs is 5. The van der Waals surface area contributed by atoms with Crippen molar-refractivity contribution in [1.29, 1.82) is 0 Å². The molecule has 3 aliphatic rings. The second kappa shape index (κ2) is 9.16. The van der Waals surface area contributed by atoms with Crippen molar-refractivity contribution in [2.45, 2.75) is 58.4 Å². The monoisotopic (exact) mass is 397 g/mol. The Kier molecular flexibility index (Phi) is 6.38. The summed E-state index contributed by atoms with van der Waals surface area (Å²) in [5.74, 6) is 0.0933. The molecular formula is C23H35N5O. The first-order valence-electron chi connectivity index (χ1n) is 11.5. The minimum atomic E-state index is 0.0933. The van der Waals surface area contributed by atoms with Gasteiger partial charge < -0.3 is 14.7 Å². The summed E-state index contributed by atoms with van der Waals surface area (Å²) in [5.41, 5.74) is 2.75. The number of unbranched alkanes of at least 4 members (excludes halogenated alkanes) is 2. The first-order chi connectivity index (χ1) is 14.2. The Hall–Kier alpha value is -2.08. The molecule has 0 spiro atoms. The molecule has 29 heavy (non-hydrogen) atoms. The van der Waals surface area contributed by atoms with Gasteiger partial charge in [-0.1, -0.05) is 26.7 Å². The Morgan fingerprint density at radius 1 is 1.10 bits per heavy atom. The summed E-state index contributed by atoms with van der Waals surface area (Å²) < 4.78 is 0. The lowest BCUT2D eigenvalue weighted by Gasteiger charge is -2.31. The van der Waals surface area contributed by atoms with Crippen LogP contribution < -0.4 is 4.90 Å². The van der Waals surface area contributed by atoms with Gasteiger partial charge in [-0.2, -0.15) is 5.10 Å². The van der Waals surface area contributed by atoms with Crippen LogP contribution in [0.4, 0.5) is 5.69 Å². The van der Waals surface area contributed by atoms with Gasteiger partial charge in [0.2, 0.25) is 0 Å². The fourth-order valence-electron chi connectivity index (χ4n) is 4.72. The van der Waals surface area contributed by atoms with Crippen LogP contribution in [0.15, 0.2) is 18.2 Å². The molecular weight excluding hydrogens is 362 g/mol. The highest BCUT2D eigenvalue weighted by Crippen LogP contribution is 2.27. The molecule has 3 saturated heterocycles. The van der Waals surface area contributed by atoms with Crippen LogP contribution in [-0.4, -0.2) is 71.2 Å². The summed E-state index contributed by atoms with van der Waals surface area (Å²) in [4.78, 5) is 20.5. The van der Waals surface area contributed by atoms with Gasteiger partial charge in [0, 0.05) is 56.4 Å². The maximum absolute atomic E-state index is 13.5. The Morgan fingerprint density at radius 3 is 2.52 bits per heavy atom. The van der Waals surface area contributed by atoms with Crippen LogP contribution in [0.5, 0.6) is 0 Å². The van der Waals surface area contributed by atoms with Crippen molar-refractivity contribution < 1.29 is 4.79 Å². The van der Waals surface area contributed by atoms with Crippen molar-refractivity contribution in [3.8, 4) is 0 Å². The van der Waals surface area contributed by atoms with Crippen LogP contribution in [-0.2, 0) is 0 Å². The molecule has 0 unspecified atom stereocenters. The zero-order valence-corrected chi connectivity index (χ0v) is 18.0. The highest BCUT2D eigenvalue weighted by atomic mass is 16.2. The van der Waals surface area contributed by atoms with E-state index in [1.54, 1.807) is 0 Å². The van der Waals surface area contributed by atoms with E-state index >= 15 is 0 Å². The van der Waals surface area contributed by atoms with Crippen molar-refractivity contribution in [3.63, 3.8) is 0 Å². The molecule has 0 aliphatic carbocycles. The summed E-state index contributed by atoms with van der Waals surface area (Å²) in [6.07, 6.45) is 6.92. The number of nitrogens with zero attached hydrogens (tertiary/aromatic N) is 4. The van der Waals surface area contributed by atoms with E-state index in [1.807, 2.05) is 0 Å². The Morgan fingerprint density at radius 2 is 1.83 bits per heavy atom. The lowest BCUT2D eigenvalue weighted by Crippen LogP contribution is -2.41. The second-order valence-corrected chi connectivity index (χ2v) is 8.57. The fourth-order valence-corrected chi connectivity index (χ4v) is 4.72. The first-order valence-corrected chi connectivity index (χ1v) is 11.5. The third-order valence-corrected chi connectivity index (χ3v) is 6.59. The summed E-state index contributed by atoms with van der Waals surface area (Å²) in [7, 11) is 0. The average molecular weight is 398 g/mol. The Balaban J connectivity index is 1.61. The number of benzene rings is 1. The molecule has 0 atom stereocenters. The van der Waals surface area contributed by atoms with E-state index in [2.05, 4.69) is 56.9 Å². The molecule has 1 aromatic heterocycles. The fraction of sp³-hybridized carbons (Fsp3) is 0.652. The van der Waals surface area contributed by atoms with Gasteiger partial charge in [-0.15, -0.1) is 0 Å². The number of carbonyl (C=O) groups is 1. The normalized spacial score (nSPS) is 21.5. The second-order valence-electron chi connectivity index (χ2n) is 8.57. The number of anilines is 1. The SMILES string of the molecule is CCCCN(CCCC)c1ccc2[nH]nc(C(=O)N3CCN4CCC3CC4)c2c1. The molecule has 2 bridgehead atoms. The number of amides is 1. The van der Waals surface area contributed by atoms with Crippen LogP contribution in [0.2, 0.25) is 0 Å². The predicted octanol–water partition coefficient (Wildman–Crippen LogP) is 3.89. The van der Waals surface area contributed by atoms with Crippen molar-refractivity contribution in [3.05, 3.63) is 23.9 Å². The van der Waals surface area contributed by atoms with Gasteiger partial charge in [-0.3, -0.25) is 9.89 Å². The first kappa shape index (κ1) is 20.2. The highest BCUT2D eigenvalue weighted by molar-refractivity contribution is 6.05. The number of nitrogens with one attached hydrogen (secondary N) is 1. The number of piperidine rings is 1. The Labute approximate surface area is 174 Å². The summed E-state index contributed by atoms with van der Waals surface area (Å²) >= 11 is 0. The molecule has 3 aliphatic heterocycles. The molecule has 1 amide bonds. The van der Waals surface area contributed by atoms with E-state index in [0.717, 1.165) is 63.0 Å². The minimum Gasteiger partial charge on any atom is -0.372 e. The summed E-state index contributed by atoms with van der Waals surface area (Å²) in [6.45, 7) is 10.6. The number of rotatable bonds is 8. The molecule has 1 N–H and O–H groups in total. The van der Waals surface area contributed by atoms with E-state index in [9.17, 15) is 4.79 Å². The van der Waals surface area contributed by atoms with Crippen molar-refractivity contribution in [2.75, 3.05) is 44.2 Å². The smallest absolute Gasteiger partial charge is 0.275 e.